The zero-order chi connectivity index (χ0) is 10.5. The summed E-state index contributed by atoms with van der Waals surface area (Å²) in [6.07, 6.45) is 0.310. The Balaban J connectivity index is 2.47. The molecule has 7 heteroatoms. The van der Waals surface area contributed by atoms with Crippen LogP contribution in [0.15, 0.2) is 10.2 Å². The van der Waals surface area contributed by atoms with Gasteiger partial charge in [-0.05, 0) is 15.9 Å². The number of carboxylic acid groups (broad SMARTS) is 1. The summed E-state index contributed by atoms with van der Waals surface area (Å²) in [5.41, 5.74) is -0.116. The van der Waals surface area contributed by atoms with Crippen molar-refractivity contribution in [3.63, 3.8) is 0 Å². The first-order chi connectivity index (χ1) is 6.52. The third-order valence-corrected chi connectivity index (χ3v) is 4.13. The molecule has 0 aromatic rings. The van der Waals surface area contributed by atoms with Crippen LogP contribution in [0.5, 0.6) is 0 Å². The van der Waals surface area contributed by atoms with Crippen molar-refractivity contribution in [1.82, 2.24) is 4.90 Å². The van der Waals surface area contributed by atoms with Crippen molar-refractivity contribution in [2.75, 3.05) is 0 Å². The predicted molar refractivity (Wildman–Crippen MR) is 54.2 cm³/mol. The number of nitrogens with zero attached hydrogens (tertiary/aromatic N) is 1. The van der Waals surface area contributed by atoms with Crippen LogP contribution in [0.4, 0.5) is 0 Å². The first kappa shape index (κ1) is 9.72. The van der Waals surface area contributed by atoms with Crippen LogP contribution < -0.4 is 0 Å². The number of amides is 1. The lowest BCUT2D eigenvalue weighted by Gasteiger charge is -2.42. The molecule has 2 heterocycles. The molecule has 0 bridgehead atoms. The fraction of sp³-hybridized carbons (Fsp3) is 0.286. The van der Waals surface area contributed by atoms with E-state index in [1.807, 2.05) is 0 Å². The van der Waals surface area contributed by atoms with Gasteiger partial charge in [0.15, 0.2) is 0 Å². The molecule has 0 spiro atoms. The van der Waals surface area contributed by atoms with E-state index < -0.39 is 5.97 Å². The van der Waals surface area contributed by atoms with Gasteiger partial charge in [0.05, 0.1) is 16.3 Å². The number of β-lactam (4-membered cyclic amide) rings is 1. The fourth-order valence-corrected chi connectivity index (χ4v) is 3.02. The Morgan fingerprint density at radius 3 is 2.86 bits per heavy atom. The Morgan fingerprint density at radius 1 is 1.71 bits per heavy atom. The number of hydrogen-bond acceptors (Lipinski definition) is 4. The van der Waals surface area contributed by atoms with Crippen molar-refractivity contribution >= 4 is 44.6 Å². The average Bonchev–Trinajstić information content (AvgIpc) is 2.09. The van der Waals surface area contributed by atoms with Gasteiger partial charge in [0.2, 0.25) is 5.91 Å². The Hall–Kier alpha value is -0.820. The van der Waals surface area contributed by atoms with E-state index in [0.717, 1.165) is 0 Å². The summed E-state index contributed by atoms with van der Waals surface area (Å²) in [6.45, 7) is 0. The Kier molecular flexibility index (Phi) is 2.15. The van der Waals surface area contributed by atoms with E-state index in [9.17, 15) is 9.59 Å². The number of nitrogens with one attached hydrogen (secondary N) is 1. The van der Waals surface area contributed by atoms with Crippen LogP contribution in [0.3, 0.4) is 0 Å². The molecular weight excluding hydrogens is 272 g/mol. The van der Waals surface area contributed by atoms with Crippen molar-refractivity contribution in [2.24, 2.45) is 0 Å². The van der Waals surface area contributed by atoms with Crippen molar-refractivity contribution in [3.8, 4) is 0 Å². The standard InChI is InChI=1S/C7H5BrN2O3S/c8-4-5(7(12)13)10-2(11)1-3(10)14-6(4)9/h3,9H,1H2,(H,12,13)/t3-/m1/s1. The van der Waals surface area contributed by atoms with Crippen LogP contribution in [0, 0.1) is 5.41 Å². The lowest BCUT2D eigenvalue weighted by atomic mass is 10.1. The van der Waals surface area contributed by atoms with Crippen molar-refractivity contribution in [3.05, 3.63) is 10.2 Å². The molecule has 2 rings (SSSR count). The lowest BCUT2D eigenvalue weighted by Crippen LogP contribution is -2.54. The summed E-state index contributed by atoms with van der Waals surface area (Å²) in [7, 11) is 0. The van der Waals surface area contributed by atoms with Gasteiger partial charge in [0, 0.05) is 0 Å². The second-order valence-electron chi connectivity index (χ2n) is 2.84. The van der Waals surface area contributed by atoms with Gasteiger partial charge < -0.3 is 5.11 Å². The molecule has 1 atom stereocenters. The molecule has 2 aliphatic rings. The van der Waals surface area contributed by atoms with E-state index in [0.29, 0.717) is 6.42 Å². The van der Waals surface area contributed by atoms with Crippen LogP contribution >= 0.6 is 27.7 Å². The summed E-state index contributed by atoms with van der Waals surface area (Å²) in [5.74, 6) is -1.38. The molecule has 0 saturated carbocycles. The number of carbonyl (C=O) groups excluding carboxylic acids is 1. The quantitative estimate of drug-likeness (QED) is 0.699. The van der Waals surface area contributed by atoms with Crippen LogP contribution in [0.1, 0.15) is 6.42 Å². The third-order valence-electron chi connectivity index (χ3n) is 2.01. The van der Waals surface area contributed by atoms with Crippen molar-refractivity contribution < 1.29 is 14.7 Å². The average molecular weight is 277 g/mol. The number of aliphatic carboxylic acids is 1. The highest BCUT2D eigenvalue weighted by Gasteiger charge is 2.46. The zero-order valence-electron chi connectivity index (χ0n) is 6.78. The Labute approximate surface area is 91.8 Å². The molecule has 1 saturated heterocycles. The minimum Gasteiger partial charge on any atom is -0.477 e. The highest BCUT2D eigenvalue weighted by atomic mass is 79.9. The summed E-state index contributed by atoms with van der Waals surface area (Å²) >= 11 is 4.20. The molecule has 0 aromatic carbocycles. The number of halogens is 1. The molecule has 0 unspecified atom stereocenters. The van der Waals surface area contributed by atoms with Gasteiger partial charge in [0.25, 0.3) is 0 Å². The third kappa shape index (κ3) is 1.19. The zero-order valence-corrected chi connectivity index (χ0v) is 9.18. The van der Waals surface area contributed by atoms with Crippen LogP contribution in [-0.2, 0) is 9.59 Å². The number of hydrogen-bond donors (Lipinski definition) is 2. The molecule has 0 aromatic heterocycles. The molecule has 0 aliphatic carbocycles. The number of carbonyl (C=O) groups is 2. The SMILES string of the molecule is N=C1S[C@@H]2CC(=O)N2C(C(=O)O)=C1Br. The molecule has 1 fully saturated rings. The predicted octanol–water partition coefficient (Wildman–Crippen LogP) is 0.960. The normalized spacial score (nSPS) is 26.1. The Morgan fingerprint density at radius 2 is 2.36 bits per heavy atom. The first-order valence-electron chi connectivity index (χ1n) is 3.73. The molecule has 2 aliphatic heterocycles. The topological polar surface area (TPSA) is 81.5 Å². The molecule has 1 amide bonds. The minimum atomic E-state index is -1.18. The van der Waals surface area contributed by atoms with Crippen molar-refractivity contribution in [2.45, 2.75) is 11.8 Å². The second-order valence-corrected chi connectivity index (χ2v) is 4.82. The largest absolute Gasteiger partial charge is 0.477 e. The molecule has 0 radical (unpaired) electrons. The van der Waals surface area contributed by atoms with E-state index in [-0.39, 0.29) is 26.5 Å². The van der Waals surface area contributed by atoms with Crippen molar-refractivity contribution in [1.29, 1.82) is 5.41 Å². The van der Waals surface area contributed by atoms with Gasteiger partial charge >= 0.3 is 5.97 Å². The van der Waals surface area contributed by atoms with Crippen LogP contribution in [0.25, 0.3) is 0 Å². The van der Waals surface area contributed by atoms with Crippen LogP contribution in [-0.4, -0.2) is 32.3 Å². The fourth-order valence-electron chi connectivity index (χ4n) is 1.35. The summed E-state index contributed by atoms with van der Waals surface area (Å²) in [6, 6.07) is 0. The highest BCUT2D eigenvalue weighted by molar-refractivity contribution is 9.12. The monoisotopic (exact) mass is 276 g/mol. The molecular formula is C7H5BrN2O3S. The van der Waals surface area contributed by atoms with E-state index in [4.69, 9.17) is 10.5 Å². The lowest BCUT2D eigenvalue weighted by molar-refractivity contribution is -0.145. The molecule has 14 heavy (non-hydrogen) atoms. The van der Waals surface area contributed by atoms with Gasteiger partial charge in [-0.2, -0.15) is 0 Å². The number of fused-ring (bicyclic) bond motifs is 1. The number of carboxylic acids is 1. The Bertz CT molecular complexity index is 392. The molecule has 5 nitrogen and oxygen atoms in total. The van der Waals surface area contributed by atoms with E-state index in [2.05, 4.69) is 15.9 Å². The van der Waals surface area contributed by atoms with Gasteiger partial charge in [-0.25, -0.2) is 4.79 Å². The first-order valence-corrected chi connectivity index (χ1v) is 5.40. The maximum absolute atomic E-state index is 11.2. The van der Waals surface area contributed by atoms with Gasteiger partial charge in [-0.1, -0.05) is 11.8 Å². The smallest absolute Gasteiger partial charge is 0.353 e. The summed E-state index contributed by atoms with van der Waals surface area (Å²) < 4.78 is 0.180. The maximum atomic E-state index is 11.2. The number of rotatable bonds is 1. The molecule has 2 N–H and O–H groups in total. The van der Waals surface area contributed by atoms with E-state index in [1.165, 1.54) is 16.7 Å². The highest BCUT2D eigenvalue weighted by Crippen LogP contribution is 2.42. The van der Waals surface area contributed by atoms with Gasteiger partial charge in [-0.3, -0.25) is 15.1 Å². The summed E-state index contributed by atoms with van der Waals surface area (Å²) in [5, 5.41) is 16.3. The van der Waals surface area contributed by atoms with Gasteiger partial charge in [-0.15, -0.1) is 0 Å². The van der Waals surface area contributed by atoms with E-state index in [1.54, 1.807) is 0 Å². The maximum Gasteiger partial charge on any atom is 0.353 e. The number of thioether (sulfide) groups is 1. The van der Waals surface area contributed by atoms with Gasteiger partial charge in [0.1, 0.15) is 10.7 Å². The van der Waals surface area contributed by atoms with Crippen LogP contribution in [0.2, 0.25) is 0 Å². The molecule has 74 valence electrons. The summed E-state index contributed by atoms with van der Waals surface area (Å²) in [4.78, 5) is 23.2. The second kappa shape index (κ2) is 3.09. The van der Waals surface area contributed by atoms with E-state index >= 15 is 0 Å². The minimum absolute atomic E-state index is 0.116.